The highest BCUT2D eigenvalue weighted by Crippen LogP contribution is 2.29. The molecule has 0 spiro atoms. The lowest BCUT2D eigenvalue weighted by Gasteiger charge is -2.24. The van der Waals surface area contributed by atoms with Crippen LogP contribution in [0.15, 0.2) is 30.3 Å². The highest BCUT2D eigenvalue weighted by Gasteiger charge is 2.50. The topological polar surface area (TPSA) is 103 Å². The van der Waals surface area contributed by atoms with Gasteiger partial charge in [-0.3, -0.25) is 0 Å². The van der Waals surface area contributed by atoms with Crippen molar-refractivity contribution in [1.29, 1.82) is 0 Å². The Hall–Kier alpha value is -1.68. The fourth-order valence-corrected chi connectivity index (χ4v) is 5.70. The summed E-state index contributed by atoms with van der Waals surface area (Å²) >= 11 is 0. The van der Waals surface area contributed by atoms with E-state index in [1.807, 2.05) is 6.07 Å². The quantitative estimate of drug-likeness (QED) is 0.721. The van der Waals surface area contributed by atoms with Crippen LogP contribution >= 0.6 is 0 Å². The Morgan fingerprint density at radius 2 is 1.76 bits per heavy atom. The molecule has 8 nitrogen and oxygen atoms in total. The van der Waals surface area contributed by atoms with Gasteiger partial charge in [-0.25, -0.2) is 17.9 Å². The van der Waals surface area contributed by atoms with Crippen molar-refractivity contribution in [3.63, 3.8) is 0 Å². The number of alkyl carbamates (subject to hydrolysis) is 1. The Morgan fingerprint density at radius 3 is 2.52 bits per heavy atom. The largest absolute Gasteiger partial charge is 0.441 e. The van der Waals surface area contributed by atoms with E-state index in [4.69, 9.17) is 14.2 Å². The minimum Gasteiger partial charge on any atom is -0.441 e. The van der Waals surface area contributed by atoms with Crippen LogP contribution in [0.3, 0.4) is 0 Å². The van der Waals surface area contributed by atoms with Gasteiger partial charge in [-0.1, -0.05) is 49.6 Å². The molecule has 29 heavy (non-hydrogen) atoms. The van der Waals surface area contributed by atoms with E-state index in [-0.39, 0.29) is 25.0 Å². The zero-order valence-corrected chi connectivity index (χ0v) is 17.1. The van der Waals surface area contributed by atoms with Crippen LogP contribution in [0.2, 0.25) is 0 Å². The number of carbonyl (C=O) groups excluding carboxylic acids is 1. The van der Waals surface area contributed by atoms with Crippen LogP contribution in [0.4, 0.5) is 4.79 Å². The first kappa shape index (κ1) is 20.6. The van der Waals surface area contributed by atoms with Gasteiger partial charge in [0.15, 0.2) is 6.10 Å². The number of hydrogen-bond acceptors (Lipinski definition) is 6. The summed E-state index contributed by atoms with van der Waals surface area (Å²) in [6.07, 6.45) is 3.49. The molecule has 1 saturated carbocycles. The maximum Gasteiger partial charge on any atom is 0.407 e. The average Bonchev–Trinajstić information content (AvgIpc) is 3.26. The van der Waals surface area contributed by atoms with Gasteiger partial charge in [-0.15, -0.1) is 0 Å². The van der Waals surface area contributed by atoms with Crippen LogP contribution < -0.4 is 10.0 Å². The lowest BCUT2D eigenvalue weighted by Crippen LogP contribution is -2.45. The van der Waals surface area contributed by atoms with Crippen molar-refractivity contribution in [2.75, 3.05) is 13.2 Å². The van der Waals surface area contributed by atoms with Crippen LogP contribution in [0.5, 0.6) is 0 Å². The second-order valence-electron chi connectivity index (χ2n) is 7.99. The van der Waals surface area contributed by atoms with E-state index >= 15 is 0 Å². The predicted octanol–water partition coefficient (Wildman–Crippen LogP) is 1.70. The van der Waals surface area contributed by atoms with Crippen LogP contribution in [0.25, 0.3) is 0 Å². The molecule has 160 valence electrons. The van der Waals surface area contributed by atoms with E-state index in [9.17, 15) is 13.2 Å². The molecule has 2 aliphatic heterocycles. The summed E-state index contributed by atoms with van der Waals surface area (Å²) < 4.78 is 44.7. The molecule has 0 aromatic heterocycles. The van der Waals surface area contributed by atoms with Gasteiger partial charge < -0.3 is 19.5 Å². The molecule has 9 heteroatoms. The number of benzene rings is 1. The molecule has 2 saturated heterocycles. The first-order valence-electron chi connectivity index (χ1n) is 10.2. The highest BCUT2D eigenvalue weighted by molar-refractivity contribution is 7.88. The molecule has 2 heterocycles. The van der Waals surface area contributed by atoms with E-state index < -0.39 is 40.5 Å². The van der Waals surface area contributed by atoms with E-state index in [1.165, 1.54) is 6.42 Å². The number of sulfonamides is 1. The molecule has 1 amide bonds. The van der Waals surface area contributed by atoms with Crippen molar-refractivity contribution in [2.45, 2.75) is 68.3 Å². The number of amides is 1. The Morgan fingerprint density at radius 1 is 1.03 bits per heavy atom. The minimum absolute atomic E-state index is 0.106. The number of nitrogens with one attached hydrogen (secondary N) is 2. The fourth-order valence-electron chi connectivity index (χ4n) is 4.32. The normalized spacial score (nSPS) is 30.1. The van der Waals surface area contributed by atoms with Gasteiger partial charge in [0.05, 0.1) is 25.0 Å². The molecule has 0 unspecified atom stereocenters. The van der Waals surface area contributed by atoms with Crippen LogP contribution in [0, 0.1) is 0 Å². The van der Waals surface area contributed by atoms with Crippen LogP contribution in [0.1, 0.15) is 37.7 Å². The molecule has 4 atom stereocenters. The Balaban J connectivity index is 1.29. The molecule has 4 rings (SSSR count). The summed E-state index contributed by atoms with van der Waals surface area (Å²) in [5.41, 5.74) is 0.711. The molecule has 1 aromatic rings. The molecule has 1 aliphatic carbocycles. The predicted molar refractivity (Wildman–Crippen MR) is 106 cm³/mol. The van der Waals surface area contributed by atoms with Crippen molar-refractivity contribution in [3.05, 3.63) is 35.9 Å². The second kappa shape index (κ2) is 8.99. The van der Waals surface area contributed by atoms with Crippen molar-refractivity contribution in [1.82, 2.24) is 10.0 Å². The van der Waals surface area contributed by atoms with Crippen molar-refractivity contribution < 1.29 is 27.4 Å². The molecule has 0 bridgehead atoms. The SMILES string of the molecule is O=C(NC1CCCCC1)O[C@@H]1CO[C@H]2[C@@H]1OC[C@@H]2NS(=O)(=O)Cc1ccccc1. The molecule has 0 radical (unpaired) electrons. The summed E-state index contributed by atoms with van der Waals surface area (Å²) in [6.45, 7) is 0.387. The highest BCUT2D eigenvalue weighted by atomic mass is 32.2. The number of carbonyl (C=O) groups is 1. The van der Waals surface area contributed by atoms with Gasteiger partial charge in [0.25, 0.3) is 0 Å². The second-order valence-corrected chi connectivity index (χ2v) is 9.74. The van der Waals surface area contributed by atoms with Gasteiger partial charge in [0.2, 0.25) is 10.0 Å². The lowest BCUT2D eigenvalue weighted by molar-refractivity contribution is 0.00281. The van der Waals surface area contributed by atoms with E-state index in [2.05, 4.69) is 10.0 Å². The van der Waals surface area contributed by atoms with Crippen LogP contribution in [-0.2, 0) is 30.0 Å². The van der Waals surface area contributed by atoms with Gasteiger partial charge in [-0.05, 0) is 18.4 Å². The van der Waals surface area contributed by atoms with E-state index in [0.717, 1.165) is 25.7 Å². The van der Waals surface area contributed by atoms with Crippen LogP contribution in [-0.4, -0.2) is 58.1 Å². The monoisotopic (exact) mass is 424 g/mol. The number of fused-ring (bicyclic) bond motifs is 1. The molecular formula is C20H28N2O6S. The smallest absolute Gasteiger partial charge is 0.407 e. The number of ether oxygens (including phenoxy) is 3. The third-order valence-electron chi connectivity index (χ3n) is 5.72. The maximum atomic E-state index is 12.5. The Kier molecular flexibility index (Phi) is 6.38. The molecule has 3 aliphatic rings. The summed E-state index contributed by atoms with van der Waals surface area (Å²) in [5.74, 6) is -0.106. The first-order valence-corrected chi connectivity index (χ1v) is 11.9. The molecule has 2 N–H and O–H groups in total. The van der Waals surface area contributed by atoms with Gasteiger partial charge in [-0.2, -0.15) is 0 Å². The number of rotatable bonds is 6. The zero-order chi connectivity index (χ0) is 20.3. The van der Waals surface area contributed by atoms with E-state index in [0.29, 0.717) is 5.56 Å². The van der Waals surface area contributed by atoms with Gasteiger partial charge in [0, 0.05) is 6.04 Å². The minimum atomic E-state index is -3.55. The standard InChI is InChI=1S/C20H28N2O6S/c23-20(21-15-9-5-2-6-10-15)28-17-12-27-18-16(11-26-19(17)18)22-29(24,25)13-14-7-3-1-4-8-14/h1,3-4,7-8,15-19,22H,2,5-6,9-13H2,(H,21,23)/t16-,17+,18+,19+/m0/s1. The van der Waals surface area contributed by atoms with Crippen molar-refractivity contribution >= 4 is 16.1 Å². The van der Waals surface area contributed by atoms with Crippen molar-refractivity contribution in [3.8, 4) is 0 Å². The van der Waals surface area contributed by atoms with Gasteiger partial charge >= 0.3 is 6.09 Å². The summed E-state index contributed by atoms with van der Waals surface area (Å²) in [7, 11) is -3.55. The number of hydrogen-bond donors (Lipinski definition) is 2. The lowest BCUT2D eigenvalue weighted by atomic mass is 9.96. The first-order chi connectivity index (χ1) is 14.0. The molecular weight excluding hydrogens is 396 g/mol. The third kappa shape index (κ3) is 5.28. The fraction of sp³-hybridized carbons (Fsp3) is 0.650. The Bertz CT molecular complexity index is 796. The van der Waals surface area contributed by atoms with E-state index in [1.54, 1.807) is 24.3 Å². The Labute approximate surface area is 171 Å². The molecule has 3 fully saturated rings. The summed E-state index contributed by atoms with van der Waals surface area (Å²) in [4.78, 5) is 12.2. The van der Waals surface area contributed by atoms with Gasteiger partial charge in [0.1, 0.15) is 12.2 Å². The average molecular weight is 425 g/mol. The zero-order valence-electron chi connectivity index (χ0n) is 16.3. The molecule has 1 aromatic carbocycles. The van der Waals surface area contributed by atoms with Crippen molar-refractivity contribution in [2.24, 2.45) is 0 Å². The summed E-state index contributed by atoms with van der Waals surface area (Å²) in [5, 5.41) is 2.92. The third-order valence-corrected chi connectivity index (χ3v) is 7.10. The maximum absolute atomic E-state index is 12.5. The summed E-state index contributed by atoms with van der Waals surface area (Å²) in [6, 6.07) is 8.66.